The van der Waals surface area contributed by atoms with Gasteiger partial charge in [-0.1, -0.05) is 42.0 Å². The number of halogens is 3. The van der Waals surface area contributed by atoms with Gasteiger partial charge in [0.2, 0.25) is 11.0 Å². The van der Waals surface area contributed by atoms with Crippen molar-refractivity contribution in [2.75, 3.05) is 36.4 Å². The summed E-state index contributed by atoms with van der Waals surface area (Å²) in [6, 6.07) is 18.9. The fourth-order valence-electron chi connectivity index (χ4n) is 4.93. The van der Waals surface area contributed by atoms with Gasteiger partial charge in [0.05, 0.1) is 17.7 Å². The van der Waals surface area contributed by atoms with Gasteiger partial charge in [0.1, 0.15) is 0 Å². The maximum absolute atomic E-state index is 13.2. The van der Waals surface area contributed by atoms with E-state index < -0.39 is 11.7 Å². The number of azo groups is 1. The zero-order chi connectivity index (χ0) is 28.4. The Balaban J connectivity index is 1.30. The summed E-state index contributed by atoms with van der Waals surface area (Å²) in [5.41, 5.74) is 4.03. The number of hydrogen-bond acceptors (Lipinski definition) is 5. The number of hydrogen-bond donors (Lipinski definition) is 2. The van der Waals surface area contributed by atoms with E-state index in [0.717, 1.165) is 33.8 Å². The molecule has 0 radical (unpaired) electrons. The third kappa shape index (κ3) is 5.95. The van der Waals surface area contributed by atoms with Gasteiger partial charge in [0, 0.05) is 42.9 Å². The predicted octanol–water partition coefficient (Wildman–Crippen LogP) is 7.24. The van der Waals surface area contributed by atoms with Gasteiger partial charge >= 0.3 is 6.18 Å². The van der Waals surface area contributed by atoms with Crippen molar-refractivity contribution in [3.8, 4) is 5.88 Å². The number of para-hydroxylation sites is 1. The highest BCUT2D eigenvalue weighted by atomic mass is 32.1. The molecule has 0 unspecified atom stereocenters. The zero-order valence-electron chi connectivity index (χ0n) is 22.1. The van der Waals surface area contributed by atoms with Crippen LogP contribution in [-0.2, 0) is 12.8 Å². The molecule has 1 aliphatic heterocycles. The van der Waals surface area contributed by atoms with E-state index in [1.54, 1.807) is 10.6 Å². The van der Waals surface area contributed by atoms with E-state index >= 15 is 0 Å². The highest BCUT2D eigenvalue weighted by molar-refractivity contribution is 7.80. The van der Waals surface area contributed by atoms with Crippen molar-refractivity contribution in [3.63, 3.8) is 0 Å². The predicted molar refractivity (Wildman–Crippen MR) is 155 cm³/mol. The largest absolute Gasteiger partial charge is 0.493 e. The minimum atomic E-state index is -4.38. The molecule has 0 atom stereocenters. The molecule has 0 aliphatic carbocycles. The summed E-state index contributed by atoms with van der Waals surface area (Å²) in [5, 5.41) is 23.6. The average molecular weight is 567 g/mol. The van der Waals surface area contributed by atoms with Crippen LogP contribution >= 0.6 is 12.2 Å². The van der Waals surface area contributed by atoms with E-state index in [1.807, 2.05) is 61.2 Å². The minimum absolute atomic E-state index is 0.0282. The molecule has 208 valence electrons. The van der Waals surface area contributed by atoms with E-state index in [-0.39, 0.29) is 11.0 Å². The number of rotatable bonds is 5. The molecule has 1 aromatic heterocycles. The van der Waals surface area contributed by atoms with Gasteiger partial charge in [-0.2, -0.15) is 13.2 Å². The Kier molecular flexibility index (Phi) is 7.77. The number of aryl methyl sites for hydroxylation is 2. The standard InChI is InChI=1S/C29H29F3N6OS/c1-19-10-11-24(20(2)16-19)33-28(40)35-34-26-23-8-3-4-9-25(23)38(27(26)39)18-36-12-14-37(15-13-36)22-7-5-6-21(17-22)29(30,31)32/h3-11,16-17,39H,12-15,18H2,1-2H3,(H,33,40). The number of aromatic hydroxyl groups is 1. The fraction of sp³-hybridized carbons (Fsp3) is 0.276. The lowest BCUT2D eigenvalue weighted by molar-refractivity contribution is -0.137. The first-order valence-corrected chi connectivity index (χ1v) is 13.3. The number of piperazine rings is 1. The van der Waals surface area contributed by atoms with Crippen molar-refractivity contribution >= 4 is 45.3 Å². The first kappa shape index (κ1) is 27.6. The van der Waals surface area contributed by atoms with Crippen LogP contribution in [0.2, 0.25) is 0 Å². The van der Waals surface area contributed by atoms with Crippen LogP contribution in [-0.4, -0.2) is 45.9 Å². The molecular weight excluding hydrogens is 537 g/mol. The number of fused-ring (bicyclic) bond motifs is 1. The fourth-order valence-corrected chi connectivity index (χ4v) is 5.08. The molecule has 1 saturated heterocycles. The van der Waals surface area contributed by atoms with Crippen LogP contribution in [0.15, 0.2) is 77.0 Å². The van der Waals surface area contributed by atoms with Gasteiger partial charge < -0.3 is 15.3 Å². The van der Waals surface area contributed by atoms with E-state index in [0.29, 0.717) is 44.2 Å². The second-order valence-electron chi connectivity index (χ2n) is 9.86. The summed E-state index contributed by atoms with van der Waals surface area (Å²) in [4.78, 5) is 4.09. The molecule has 0 bridgehead atoms. The first-order valence-electron chi connectivity index (χ1n) is 12.8. The summed E-state index contributed by atoms with van der Waals surface area (Å²) in [6.45, 7) is 6.74. The van der Waals surface area contributed by atoms with Crippen LogP contribution in [0.25, 0.3) is 10.9 Å². The lowest BCUT2D eigenvalue weighted by Gasteiger charge is -2.36. The minimum Gasteiger partial charge on any atom is -0.493 e. The van der Waals surface area contributed by atoms with Crippen molar-refractivity contribution in [1.29, 1.82) is 0 Å². The topological polar surface area (TPSA) is 68.4 Å². The van der Waals surface area contributed by atoms with Crippen molar-refractivity contribution in [1.82, 2.24) is 9.47 Å². The molecule has 4 aromatic rings. The SMILES string of the molecule is Cc1ccc(NC(=S)N=Nc2c(O)n(CN3CCN(c4cccc(C(F)(F)F)c4)CC3)c3ccccc23)c(C)c1. The number of aromatic nitrogens is 1. The first-order chi connectivity index (χ1) is 19.1. The summed E-state index contributed by atoms with van der Waals surface area (Å²) in [6.07, 6.45) is -4.38. The molecule has 1 fully saturated rings. The van der Waals surface area contributed by atoms with Gasteiger partial charge in [-0.3, -0.25) is 9.47 Å². The number of thiocarbonyl (C=S) groups is 1. The summed E-state index contributed by atoms with van der Waals surface area (Å²) < 4.78 is 41.2. The molecule has 0 spiro atoms. The Bertz CT molecular complexity index is 1570. The van der Waals surface area contributed by atoms with Gasteiger partial charge in [0.15, 0.2) is 5.69 Å². The zero-order valence-corrected chi connectivity index (χ0v) is 22.9. The number of nitrogens with one attached hydrogen (secondary N) is 1. The monoisotopic (exact) mass is 566 g/mol. The molecule has 7 nitrogen and oxygen atoms in total. The Morgan fingerprint density at radius 3 is 2.45 bits per heavy atom. The summed E-state index contributed by atoms with van der Waals surface area (Å²) in [5.74, 6) is -0.0282. The molecule has 40 heavy (non-hydrogen) atoms. The maximum atomic E-state index is 13.2. The van der Waals surface area contributed by atoms with Gasteiger partial charge in [0.25, 0.3) is 0 Å². The van der Waals surface area contributed by atoms with E-state index in [9.17, 15) is 18.3 Å². The van der Waals surface area contributed by atoms with Crippen LogP contribution in [0.3, 0.4) is 0 Å². The summed E-state index contributed by atoms with van der Waals surface area (Å²) in [7, 11) is 0. The molecule has 0 amide bonds. The third-order valence-corrected chi connectivity index (χ3v) is 7.22. The molecule has 3 aromatic carbocycles. The number of nitrogens with zero attached hydrogens (tertiary/aromatic N) is 5. The molecule has 2 heterocycles. The lowest BCUT2D eigenvalue weighted by atomic mass is 10.1. The van der Waals surface area contributed by atoms with Crippen molar-refractivity contribution < 1.29 is 18.3 Å². The molecule has 0 saturated carbocycles. The van der Waals surface area contributed by atoms with Crippen molar-refractivity contribution in [2.24, 2.45) is 10.2 Å². The molecular formula is C29H29F3N6OS. The highest BCUT2D eigenvalue weighted by Gasteiger charge is 2.31. The summed E-state index contributed by atoms with van der Waals surface area (Å²) >= 11 is 5.38. The maximum Gasteiger partial charge on any atom is 0.416 e. The van der Waals surface area contributed by atoms with Gasteiger partial charge in [-0.25, -0.2) is 0 Å². The molecule has 11 heteroatoms. The van der Waals surface area contributed by atoms with E-state index in [4.69, 9.17) is 12.2 Å². The Labute approximate surface area is 235 Å². The molecule has 2 N–H and O–H groups in total. The van der Waals surface area contributed by atoms with Crippen LogP contribution < -0.4 is 10.2 Å². The number of alkyl halides is 3. The van der Waals surface area contributed by atoms with E-state index in [1.165, 1.54) is 12.1 Å². The highest BCUT2D eigenvalue weighted by Crippen LogP contribution is 2.39. The van der Waals surface area contributed by atoms with Crippen molar-refractivity contribution in [3.05, 3.63) is 83.4 Å². The number of benzene rings is 3. The van der Waals surface area contributed by atoms with Crippen LogP contribution in [0.5, 0.6) is 5.88 Å². The number of anilines is 2. The van der Waals surface area contributed by atoms with Crippen LogP contribution in [0, 0.1) is 13.8 Å². The van der Waals surface area contributed by atoms with Crippen LogP contribution in [0.4, 0.5) is 30.2 Å². The van der Waals surface area contributed by atoms with Crippen LogP contribution in [0.1, 0.15) is 16.7 Å². The Morgan fingerprint density at radius 2 is 1.73 bits per heavy atom. The second-order valence-corrected chi connectivity index (χ2v) is 10.2. The Hall–Kier alpha value is -3.96. The lowest BCUT2D eigenvalue weighted by Crippen LogP contribution is -2.46. The average Bonchev–Trinajstić information content (AvgIpc) is 3.19. The second kappa shape index (κ2) is 11.3. The normalized spacial score (nSPS) is 14.8. The third-order valence-electron chi connectivity index (χ3n) is 7.03. The van der Waals surface area contributed by atoms with E-state index in [2.05, 4.69) is 20.4 Å². The quantitative estimate of drug-likeness (QED) is 0.197. The Morgan fingerprint density at radius 1 is 0.975 bits per heavy atom. The smallest absolute Gasteiger partial charge is 0.416 e. The molecule has 5 rings (SSSR count). The van der Waals surface area contributed by atoms with Gasteiger partial charge in [-0.05, 0) is 62.0 Å². The van der Waals surface area contributed by atoms with Gasteiger partial charge in [-0.15, -0.1) is 10.2 Å². The molecule has 1 aliphatic rings. The van der Waals surface area contributed by atoms with Crippen molar-refractivity contribution in [2.45, 2.75) is 26.7 Å².